The molecule has 1 aliphatic heterocycles. The Labute approximate surface area is 151 Å². The second-order valence-corrected chi connectivity index (χ2v) is 5.94. The third-order valence-electron chi connectivity index (χ3n) is 4.14. The molecule has 0 spiro atoms. The van der Waals surface area contributed by atoms with Crippen LogP contribution in [0, 0.1) is 0 Å². The normalized spacial score (nSPS) is 16.1. The maximum Gasteiger partial charge on any atom is 0.339 e. The Morgan fingerprint density at radius 3 is 2.81 bits per heavy atom. The molecule has 26 heavy (non-hydrogen) atoms. The highest BCUT2D eigenvalue weighted by Gasteiger charge is 2.16. The molecule has 136 valence electrons. The molecule has 0 aliphatic carbocycles. The summed E-state index contributed by atoms with van der Waals surface area (Å²) in [5.74, 6) is -0.167. The Bertz CT molecular complexity index is 771. The summed E-state index contributed by atoms with van der Waals surface area (Å²) >= 11 is 0. The second kappa shape index (κ2) is 8.44. The number of nitrogens with one attached hydrogen (secondary N) is 2. The summed E-state index contributed by atoms with van der Waals surface area (Å²) < 4.78 is 10.3. The number of methoxy groups -OCH3 is 1. The fraction of sp³-hybridized carbons (Fsp3) is 0.316. The predicted molar refractivity (Wildman–Crippen MR) is 97.4 cm³/mol. The van der Waals surface area contributed by atoms with Crippen LogP contribution in [0.5, 0.6) is 0 Å². The number of para-hydroxylation sites is 1. The van der Waals surface area contributed by atoms with E-state index in [0.717, 1.165) is 19.4 Å². The number of carbonyl (C=O) groups excluding carboxylic acids is 2. The molecule has 7 heteroatoms. The van der Waals surface area contributed by atoms with E-state index in [0.29, 0.717) is 29.2 Å². The van der Waals surface area contributed by atoms with Gasteiger partial charge in [-0.15, -0.1) is 0 Å². The maximum absolute atomic E-state index is 12.4. The molecule has 0 radical (unpaired) electrons. The number of aromatic nitrogens is 1. The van der Waals surface area contributed by atoms with E-state index in [9.17, 15) is 9.59 Å². The van der Waals surface area contributed by atoms with E-state index in [2.05, 4.69) is 15.6 Å². The van der Waals surface area contributed by atoms with Gasteiger partial charge in [0.15, 0.2) is 0 Å². The number of amides is 1. The minimum atomic E-state index is -0.507. The molecule has 1 aromatic heterocycles. The van der Waals surface area contributed by atoms with Gasteiger partial charge in [0.1, 0.15) is 5.82 Å². The first-order valence-electron chi connectivity index (χ1n) is 8.47. The number of pyridine rings is 1. The third-order valence-corrected chi connectivity index (χ3v) is 4.14. The van der Waals surface area contributed by atoms with Crippen LogP contribution in [0.3, 0.4) is 0 Å². The van der Waals surface area contributed by atoms with Gasteiger partial charge in [0.05, 0.1) is 30.0 Å². The molecule has 1 saturated heterocycles. The van der Waals surface area contributed by atoms with Crippen LogP contribution in [0.1, 0.15) is 33.6 Å². The van der Waals surface area contributed by atoms with Gasteiger partial charge in [-0.3, -0.25) is 4.79 Å². The molecule has 2 N–H and O–H groups in total. The molecule has 7 nitrogen and oxygen atoms in total. The van der Waals surface area contributed by atoms with E-state index in [1.165, 1.54) is 13.3 Å². The Kier molecular flexibility index (Phi) is 5.80. The molecule has 3 rings (SSSR count). The largest absolute Gasteiger partial charge is 0.465 e. The van der Waals surface area contributed by atoms with E-state index in [-0.39, 0.29) is 12.0 Å². The van der Waals surface area contributed by atoms with Gasteiger partial charge >= 0.3 is 5.97 Å². The molecular weight excluding hydrogens is 334 g/mol. The summed E-state index contributed by atoms with van der Waals surface area (Å²) in [5.41, 5.74) is 1.09. The summed E-state index contributed by atoms with van der Waals surface area (Å²) in [4.78, 5) is 28.4. The molecule has 1 aliphatic rings. The number of anilines is 2. The zero-order valence-electron chi connectivity index (χ0n) is 14.5. The van der Waals surface area contributed by atoms with Crippen LogP contribution in [0.4, 0.5) is 11.5 Å². The van der Waals surface area contributed by atoms with Crippen LogP contribution >= 0.6 is 0 Å². The lowest BCUT2D eigenvalue weighted by atomic mass is 10.1. The molecule has 2 heterocycles. The van der Waals surface area contributed by atoms with Crippen molar-refractivity contribution in [3.8, 4) is 0 Å². The van der Waals surface area contributed by atoms with Crippen molar-refractivity contribution in [2.45, 2.75) is 18.9 Å². The lowest BCUT2D eigenvalue weighted by Crippen LogP contribution is -2.19. The van der Waals surface area contributed by atoms with Crippen LogP contribution in [0.25, 0.3) is 0 Å². The van der Waals surface area contributed by atoms with Crippen molar-refractivity contribution in [1.29, 1.82) is 0 Å². The summed E-state index contributed by atoms with van der Waals surface area (Å²) in [5, 5.41) is 5.92. The van der Waals surface area contributed by atoms with Crippen molar-refractivity contribution in [3.05, 3.63) is 53.7 Å². The number of benzene rings is 1. The van der Waals surface area contributed by atoms with E-state index in [1.54, 1.807) is 36.4 Å². The fourth-order valence-corrected chi connectivity index (χ4v) is 2.73. The number of carbonyl (C=O) groups is 2. The molecule has 1 amide bonds. The highest BCUT2D eigenvalue weighted by molar-refractivity contribution is 6.07. The van der Waals surface area contributed by atoms with Gasteiger partial charge in [0.25, 0.3) is 5.91 Å². The monoisotopic (exact) mass is 355 g/mol. The van der Waals surface area contributed by atoms with Gasteiger partial charge in [-0.05, 0) is 37.1 Å². The van der Waals surface area contributed by atoms with Crippen molar-refractivity contribution in [2.24, 2.45) is 0 Å². The molecule has 0 bridgehead atoms. The summed E-state index contributed by atoms with van der Waals surface area (Å²) in [6.45, 7) is 1.51. The van der Waals surface area contributed by atoms with Crippen molar-refractivity contribution >= 4 is 23.4 Å². The van der Waals surface area contributed by atoms with E-state index in [4.69, 9.17) is 9.47 Å². The van der Waals surface area contributed by atoms with E-state index >= 15 is 0 Å². The first-order chi connectivity index (χ1) is 12.7. The van der Waals surface area contributed by atoms with Gasteiger partial charge < -0.3 is 20.1 Å². The molecule has 1 fully saturated rings. The van der Waals surface area contributed by atoms with E-state index < -0.39 is 5.97 Å². The summed E-state index contributed by atoms with van der Waals surface area (Å²) in [6.07, 6.45) is 3.85. The minimum Gasteiger partial charge on any atom is -0.465 e. The summed E-state index contributed by atoms with van der Waals surface area (Å²) in [6, 6.07) is 10.1. The Balaban J connectivity index is 1.62. The third kappa shape index (κ3) is 4.37. The Morgan fingerprint density at radius 1 is 1.27 bits per heavy atom. The topological polar surface area (TPSA) is 89.5 Å². The number of esters is 1. The Hall–Kier alpha value is -2.93. The minimum absolute atomic E-state index is 0.217. The molecule has 1 aromatic carbocycles. The zero-order chi connectivity index (χ0) is 18.4. The fourth-order valence-electron chi connectivity index (χ4n) is 2.73. The standard InChI is InChI=1S/C19H21N3O4/c1-25-19(24)15-6-2-3-7-16(15)22-18(23)13-8-9-17(20-11-13)21-12-14-5-4-10-26-14/h2-3,6-9,11,14H,4-5,10,12H2,1H3,(H,20,21)(H,22,23). The SMILES string of the molecule is COC(=O)c1ccccc1NC(=O)c1ccc(NCC2CCCO2)nc1. The first kappa shape index (κ1) is 17.9. The predicted octanol–water partition coefficient (Wildman–Crippen LogP) is 2.71. The molecule has 1 unspecified atom stereocenters. The van der Waals surface area contributed by atoms with Gasteiger partial charge in [-0.25, -0.2) is 9.78 Å². The highest BCUT2D eigenvalue weighted by Crippen LogP contribution is 2.18. The van der Waals surface area contributed by atoms with Crippen molar-refractivity contribution < 1.29 is 19.1 Å². The van der Waals surface area contributed by atoms with Crippen LogP contribution in [0.15, 0.2) is 42.6 Å². The van der Waals surface area contributed by atoms with E-state index in [1.807, 2.05) is 0 Å². The van der Waals surface area contributed by atoms with Gasteiger partial charge in [0.2, 0.25) is 0 Å². The van der Waals surface area contributed by atoms with Crippen LogP contribution < -0.4 is 10.6 Å². The second-order valence-electron chi connectivity index (χ2n) is 5.94. The van der Waals surface area contributed by atoms with Gasteiger partial charge in [-0.1, -0.05) is 12.1 Å². The molecular formula is C19H21N3O4. The number of rotatable bonds is 6. The quantitative estimate of drug-likeness (QED) is 0.775. The number of ether oxygens (including phenoxy) is 2. The first-order valence-corrected chi connectivity index (χ1v) is 8.47. The van der Waals surface area contributed by atoms with Crippen LogP contribution in [-0.2, 0) is 9.47 Å². The number of hydrogen-bond acceptors (Lipinski definition) is 6. The average Bonchev–Trinajstić information content (AvgIpc) is 3.20. The number of nitrogens with zero attached hydrogens (tertiary/aromatic N) is 1. The molecule has 2 aromatic rings. The zero-order valence-corrected chi connectivity index (χ0v) is 14.5. The lowest BCUT2D eigenvalue weighted by molar-refractivity contribution is 0.0602. The lowest BCUT2D eigenvalue weighted by Gasteiger charge is -2.12. The molecule has 0 saturated carbocycles. The average molecular weight is 355 g/mol. The van der Waals surface area contributed by atoms with Crippen molar-refractivity contribution in [3.63, 3.8) is 0 Å². The highest BCUT2D eigenvalue weighted by atomic mass is 16.5. The van der Waals surface area contributed by atoms with Crippen LogP contribution in [0.2, 0.25) is 0 Å². The van der Waals surface area contributed by atoms with Gasteiger partial charge in [-0.2, -0.15) is 0 Å². The van der Waals surface area contributed by atoms with Gasteiger partial charge in [0, 0.05) is 19.3 Å². The Morgan fingerprint density at radius 2 is 2.12 bits per heavy atom. The maximum atomic E-state index is 12.4. The van der Waals surface area contributed by atoms with Crippen molar-refractivity contribution in [1.82, 2.24) is 4.98 Å². The van der Waals surface area contributed by atoms with Crippen LogP contribution in [-0.4, -0.2) is 43.2 Å². The smallest absolute Gasteiger partial charge is 0.339 e. The molecule has 1 atom stereocenters. The number of hydrogen-bond donors (Lipinski definition) is 2. The van der Waals surface area contributed by atoms with Crippen molar-refractivity contribution in [2.75, 3.05) is 30.9 Å². The summed E-state index contributed by atoms with van der Waals surface area (Å²) in [7, 11) is 1.30.